The quantitative estimate of drug-likeness (QED) is 0.629. The van der Waals surface area contributed by atoms with Crippen molar-refractivity contribution in [1.82, 2.24) is 9.21 Å². The molecule has 1 amide bonds. The number of amides is 1. The van der Waals surface area contributed by atoms with Gasteiger partial charge in [-0.15, -0.1) is 0 Å². The van der Waals surface area contributed by atoms with E-state index in [2.05, 4.69) is 0 Å². The van der Waals surface area contributed by atoms with Crippen molar-refractivity contribution in [3.63, 3.8) is 0 Å². The van der Waals surface area contributed by atoms with Crippen LogP contribution in [0.3, 0.4) is 0 Å². The van der Waals surface area contributed by atoms with Crippen LogP contribution in [0.25, 0.3) is 0 Å². The average Bonchev–Trinajstić information content (AvgIpc) is 2.37. The summed E-state index contributed by atoms with van der Waals surface area (Å²) in [5, 5.41) is 17.9. The van der Waals surface area contributed by atoms with Crippen molar-refractivity contribution in [2.24, 2.45) is 0 Å². The zero-order valence-electron chi connectivity index (χ0n) is 11.2. The Morgan fingerprint density at radius 1 is 1.26 bits per heavy atom. The standard InChI is InChI=1S/C11H22N2O5S/c1-19(17,18)13-5-3-2-4-10(13)11(16)12(6-8-14)7-9-15/h10,14-15H,2-9H2,1H3. The summed E-state index contributed by atoms with van der Waals surface area (Å²) in [5.41, 5.74) is 0. The fourth-order valence-corrected chi connectivity index (χ4v) is 3.45. The molecular formula is C11H22N2O5S. The van der Waals surface area contributed by atoms with Crippen LogP contribution in [0.1, 0.15) is 19.3 Å². The second-order valence-corrected chi connectivity index (χ2v) is 6.59. The zero-order valence-corrected chi connectivity index (χ0v) is 12.0. The molecule has 7 nitrogen and oxygen atoms in total. The third-order valence-corrected chi connectivity index (χ3v) is 4.51. The van der Waals surface area contributed by atoms with Crippen molar-refractivity contribution >= 4 is 15.9 Å². The number of sulfonamides is 1. The second-order valence-electron chi connectivity index (χ2n) is 4.66. The third-order valence-electron chi connectivity index (χ3n) is 3.22. The SMILES string of the molecule is CS(=O)(=O)N1CCCCC1C(=O)N(CCO)CCO. The summed E-state index contributed by atoms with van der Waals surface area (Å²) in [6.45, 7) is 0.136. The molecule has 0 radical (unpaired) electrons. The molecule has 0 aromatic heterocycles. The van der Waals surface area contributed by atoms with Crippen molar-refractivity contribution in [3.05, 3.63) is 0 Å². The number of aliphatic hydroxyl groups excluding tert-OH is 2. The topological polar surface area (TPSA) is 98.2 Å². The highest BCUT2D eigenvalue weighted by Crippen LogP contribution is 2.21. The van der Waals surface area contributed by atoms with Gasteiger partial charge in [0.15, 0.2) is 0 Å². The van der Waals surface area contributed by atoms with Gasteiger partial charge in [0.2, 0.25) is 15.9 Å². The summed E-state index contributed by atoms with van der Waals surface area (Å²) in [4.78, 5) is 13.6. The average molecular weight is 294 g/mol. The van der Waals surface area contributed by atoms with Crippen LogP contribution in [0.15, 0.2) is 0 Å². The van der Waals surface area contributed by atoms with Gasteiger partial charge in [0.1, 0.15) is 6.04 Å². The molecule has 1 aliphatic heterocycles. The first-order valence-corrected chi connectivity index (χ1v) is 8.24. The molecule has 0 aliphatic carbocycles. The molecule has 0 aromatic carbocycles. The maximum absolute atomic E-state index is 12.3. The Balaban J connectivity index is 2.86. The molecule has 0 saturated carbocycles. The Labute approximate surface area is 113 Å². The van der Waals surface area contributed by atoms with Crippen LogP contribution in [0.4, 0.5) is 0 Å². The van der Waals surface area contributed by atoms with Crippen LogP contribution in [0.5, 0.6) is 0 Å². The van der Waals surface area contributed by atoms with Gasteiger partial charge >= 0.3 is 0 Å². The molecule has 0 spiro atoms. The minimum Gasteiger partial charge on any atom is -0.395 e. The molecule has 8 heteroatoms. The first-order valence-electron chi connectivity index (χ1n) is 6.39. The normalized spacial score (nSPS) is 21.3. The molecule has 1 unspecified atom stereocenters. The Kier molecular flexibility index (Phi) is 6.18. The van der Waals surface area contributed by atoms with Crippen LogP contribution < -0.4 is 0 Å². The molecule has 0 bridgehead atoms. The number of hydrogen-bond acceptors (Lipinski definition) is 5. The molecule has 19 heavy (non-hydrogen) atoms. The Morgan fingerprint density at radius 2 is 1.84 bits per heavy atom. The fraction of sp³-hybridized carbons (Fsp3) is 0.909. The molecule has 1 rings (SSSR count). The van der Waals surface area contributed by atoms with Crippen LogP contribution in [0, 0.1) is 0 Å². The Hall–Kier alpha value is -0.700. The predicted molar refractivity (Wildman–Crippen MR) is 69.9 cm³/mol. The number of nitrogens with zero attached hydrogens (tertiary/aromatic N) is 2. The van der Waals surface area contributed by atoms with E-state index in [4.69, 9.17) is 10.2 Å². The lowest BCUT2D eigenvalue weighted by Gasteiger charge is -2.35. The Bertz CT molecular complexity index is 392. The smallest absolute Gasteiger partial charge is 0.241 e. The molecule has 1 heterocycles. The van der Waals surface area contributed by atoms with Gasteiger partial charge < -0.3 is 15.1 Å². The summed E-state index contributed by atoms with van der Waals surface area (Å²) < 4.78 is 24.6. The van der Waals surface area contributed by atoms with Crippen LogP contribution in [0.2, 0.25) is 0 Å². The Morgan fingerprint density at radius 3 is 2.32 bits per heavy atom. The predicted octanol–water partition coefficient (Wildman–Crippen LogP) is -1.39. The highest BCUT2D eigenvalue weighted by atomic mass is 32.2. The van der Waals surface area contributed by atoms with E-state index in [-0.39, 0.29) is 32.2 Å². The van der Waals surface area contributed by atoms with Gasteiger partial charge in [-0.25, -0.2) is 8.42 Å². The number of carbonyl (C=O) groups is 1. The minimum absolute atomic E-state index is 0.105. The third kappa shape index (κ3) is 4.41. The maximum atomic E-state index is 12.3. The number of aliphatic hydroxyl groups is 2. The van der Waals surface area contributed by atoms with E-state index < -0.39 is 16.1 Å². The summed E-state index contributed by atoms with van der Waals surface area (Å²) in [6.07, 6.45) is 3.13. The van der Waals surface area contributed by atoms with Crippen molar-refractivity contribution < 1.29 is 23.4 Å². The van der Waals surface area contributed by atoms with E-state index in [1.165, 1.54) is 9.21 Å². The van der Waals surface area contributed by atoms with E-state index in [0.29, 0.717) is 13.0 Å². The molecule has 1 fully saturated rings. The summed E-state index contributed by atoms with van der Waals surface area (Å²) >= 11 is 0. The van der Waals surface area contributed by atoms with Gasteiger partial charge in [0, 0.05) is 19.6 Å². The second kappa shape index (κ2) is 7.18. The fourth-order valence-electron chi connectivity index (χ4n) is 2.33. The molecule has 2 N–H and O–H groups in total. The zero-order chi connectivity index (χ0) is 14.5. The van der Waals surface area contributed by atoms with E-state index in [1.807, 2.05) is 0 Å². The van der Waals surface area contributed by atoms with Crippen molar-refractivity contribution in [2.45, 2.75) is 25.3 Å². The van der Waals surface area contributed by atoms with Gasteiger partial charge in [0.25, 0.3) is 0 Å². The summed E-state index contributed by atoms with van der Waals surface area (Å²) in [6, 6.07) is -0.707. The van der Waals surface area contributed by atoms with Crippen molar-refractivity contribution in [3.8, 4) is 0 Å². The lowest BCUT2D eigenvalue weighted by molar-refractivity contribution is -0.137. The van der Waals surface area contributed by atoms with E-state index >= 15 is 0 Å². The van der Waals surface area contributed by atoms with Gasteiger partial charge in [-0.05, 0) is 12.8 Å². The largest absolute Gasteiger partial charge is 0.395 e. The van der Waals surface area contributed by atoms with Gasteiger partial charge in [-0.1, -0.05) is 6.42 Å². The molecule has 1 atom stereocenters. The maximum Gasteiger partial charge on any atom is 0.241 e. The van der Waals surface area contributed by atoms with E-state index in [0.717, 1.165) is 19.1 Å². The van der Waals surface area contributed by atoms with Crippen LogP contribution in [-0.4, -0.2) is 78.9 Å². The van der Waals surface area contributed by atoms with E-state index in [9.17, 15) is 13.2 Å². The molecule has 112 valence electrons. The lowest BCUT2D eigenvalue weighted by atomic mass is 10.0. The molecule has 0 aromatic rings. The molecular weight excluding hydrogens is 272 g/mol. The van der Waals surface area contributed by atoms with Gasteiger partial charge in [-0.3, -0.25) is 4.79 Å². The van der Waals surface area contributed by atoms with Gasteiger partial charge in [-0.2, -0.15) is 4.31 Å². The lowest BCUT2D eigenvalue weighted by Crippen LogP contribution is -2.53. The summed E-state index contributed by atoms with van der Waals surface area (Å²) in [5.74, 6) is -0.340. The van der Waals surface area contributed by atoms with Crippen molar-refractivity contribution in [2.75, 3.05) is 39.1 Å². The monoisotopic (exact) mass is 294 g/mol. The molecule has 1 aliphatic rings. The van der Waals surface area contributed by atoms with Gasteiger partial charge in [0.05, 0.1) is 19.5 Å². The van der Waals surface area contributed by atoms with Crippen LogP contribution >= 0.6 is 0 Å². The summed E-state index contributed by atoms with van der Waals surface area (Å²) in [7, 11) is -3.42. The number of carbonyl (C=O) groups excluding carboxylic acids is 1. The van der Waals surface area contributed by atoms with E-state index in [1.54, 1.807) is 0 Å². The van der Waals surface area contributed by atoms with Crippen LogP contribution in [-0.2, 0) is 14.8 Å². The minimum atomic E-state index is -3.42. The number of hydrogen-bond donors (Lipinski definition) is 2. The first-order chi connectivity index (χ1) is 8.91. The number of rotatable bonds is 6. The molecule has 1 saturated heterocycles. The first kappa shape index (κ1) is 16.4. The number of piperidine rings is 1. The highest BCUT2D eigenvalue weighted by Gasteiger charge is 2.36. The van der Waals surface area contributed by atoms with Crippen molar-refractivity contribution in [1.29, 1.82) is 0 Å². The highest BCUT2D eigenvalue weighted by molar-refractivity contribution is 7.88.